The highest BCUT2D eigenvalue weighted by atomic mass is 32.2. The summed E-state index contributed by atoms with van der Waals surface area (Å²) in [7, 11) is 1.43. The fourth-order valence-corrected chi connectivity index (χ4v) is 4.68. The minimum atomic E-state index is -3.85. The number of rotatable bonds is 11. The van der Waals surface area contributed by atoms with Gasteiger partial charge in [-0.2, -0.15) is 0 Å². The van der Waals surface area contributed by atoms with Gasteiger partial charge in [0.05, 0.1) is 29.9 Å². The van der Waals surface area contributed by atoms with Crippen LogP contribution in [0.5, 0.6) is 0 Å². The number of hydrogen-bond donors (Lipinski definition) is 3. The number of benzene rings is 3. The summed E-state index contributed by atoms with van der Waals surface area (Å²) in [6, 6.07) is 21.2. The first-order chi connectivity index (χ1) is 18.2. The van der Waals surface area contributed by atoms with Crippen molar-refractivity contribution in [2.45, 2.75) is 4.90 Å². The van der Waals surface area contributed by atoms with Crippen LogP contribution in [-0.2, 0) is 24.4 Å². The van der Waals surface area contributed by atoms with Crippen molar-refractivity contribution in [3.63, 3.8) is 0 Å². The number of nitrogens with zero attached hydrogens (tertiary/aromatic N) is 1. The summed E-state index contributed by atoms with van der Waals surface area (Å²) in [6.45, 7) is 4.66. The van der Waals surface area contributed by atoms with Gasteiger partial charge in [0.15, 0.2) is 0 Å². The van der Waals surface area contributed by atoms with Crippen molar-refractivity contribution in [3.8, 4) is 0 Å². The summed E-state index contributed by atoms with van der Waals surface area (Å²) in [4.78, 5) is 22.3. The lowest BCUT2D eigenvalue weighted by Gasteiger charge is -2.15. The monoisotopic (exact) mass is 534 g/mol. The van der Waals surface area contributed by atoms with Crippen LogP contribution in [0.15, 0.2) is 84.3 Å². The topological polar surface area (TPSA) is 109 Å². The van der Waals surface area contributed by atoms with Gasteiger partial charge < -0.3 is 20.3 Å². The van der Waals surface area contributed by atoms with Crippen LogP contribution < -0.4 is 15.5 Å². The minimum absolute atomic E-state index is 0.0525. The molecule has 0 spiro atoms. The third-order valence-corrected chi connectivity index (χ3v) is 7.12. The van der Waals surface area contributed by atoms with Crippen molar-refractivity contribution in [1.29, 1.82) is 0 Å². The van der Waals surface area contributed by atoms with Crippen LogP contribution in [0.3, 0.4) is 0 Å². The van der Waals surface area contributed by atoms with Crippen molar-refractivity contribution in [1.82, 2.24) is 9.79 Å². The molecule has 198 valence electrons. The minimum Gasteiger partial charge on any atom is -0.497 e. The Labute approximate surface area is 222 Å². The number of nitrogens with one attached hydrogen (secondary N) is 3. The Hall–Kier alpha value is -3.96. The molecule has 1 heterocycles. The number of amides is 1. The highest BCUT2D eigenvalue weighted by molar-refractivity contribution is 7.89. The van der Waals surface area contributed by atoms with E-state index in [1.807, 2.05) is 67.5 Å². The molecule has 0 radical (unpaired) electrons. The zero-order valence-corrected chi connectivity index (χ0v) is 22.3. The summed E-state index contributed by atoms with van der Waals surface area (Å²) in [5, 5.41) is 6.25. The summed E-state index contributed by atoms with van der Waals surface area (Å²) in [5.41, 5.74) is 4.59. The molecule has 0 atom stereocenters. The predicted molar refractivity (Wildman–Crippen MR) is 149 cm³/mol. The molecule has 0 saturated carbocycles. The molecule has 0 aliphatic carbocycles. The molecule has 0 aromatic heterocycles. The fourth-order valence-electron chi connectivity index (χ4n) is 3.85. The molecule has 0 saturated heterocycles. The van der Waals surface area contributed by atoms with Gasteiger partial charge in [-0.25, -0.2) is 8.42 Å². The number of fused-ring (bicyclic) bond motifs is 1. The van der Waals surface area contributed by atoms with Crippen LogP contribution >= 0.6 is 0 Å². The Balaban J connectivity index is 1.65. The number of methoxy groups -OCH3 is 1. The molecule has 0 unspecified atom stereocenters. The molecule has 0 bridgehead atoms. The lowest BCUT2D eigenvalue weighted by Crippen LogP contribution is -2.28. The van der Waals surface area contributed by atoms with Crippen molar-refractivity contribution >= 4 is 44.3 Å². The molecule has 3 N–H and O–H groups in total. The molecule has 1 aliphatic rings. The van der Waals surface area contributed by atoms with Gasteiger partial charge >= 0.3 is 0 Å². The van der Waals surface area contributed by atoms with E-state index >= 15 is 0 Å². The first kappa shape index (κ1) is 27.1. The number of anilines is 2. The standard InChI is InChI=1S/C28H30N4O5S/c1-19(36-4)21-10-15-24-25(18-21)30-28(33)26(24)27(20-8-6-5-7-9-20)29-22-11-13-23(14-12-22)38(34,35)31-37-17-16-32(2)3/h5-15,18,29,31H,1,16-17H2,2-4H3,(H,30,33)/b27-26-. The van der Waals surface area contributed by atoms with E-state index in [2.05, 4.69) is 22.1 Å². The Kier molecular flexibility index (Phi) is 8.28. The van der Waals surface area contributed by atoms with Gasteiger partial charge in [0.25, 0.3) is 15.9 Å². The molecule has 1 aliphatic heterocycles. The van der Waals surface area contributed by atoms with E-state index in [0.717, 1.165) is 16.7 Å². The molecule has 3 aromatic rings. The van der Waals surface area contributed by atoms with Gasteiger partial charge in [0, 0.05) is 29.0 Å². The lowest BCUT2D eigenvalue weighted by molar-refractivity contribution is -0.110. The maximum absolute atomic E-state index is 13.2. The van der Waals surface area contributed by atoms with E-state index in [0.29, 0.717) is 34.9 Å². The van der Waals surface area contributed by atoms with Crippen LogP contribution in [0.1, 0.15) is 16.7 Å². The number of carbonyl (C=O) groups excluding carboxylic acids is 1. The van der Waals surface area contributed by atoms with Crippen LogP contribution in [0, 0.1) is 0 Å². The second-order valence-corrected chi connectivity index (χ2v) is 10.5. The number of sulfonamides is 1. The van der Waals surface area contributed by atoms with E-state index in [1.54, 1.807) is 19.2 Å². The van der Waals surface area contributed by atoms with Gasteiger partial charge in [-0.05, 0) is 50.0 Å². The Morgan fingerprint density at radius 2 is 1.71 bits per heavy atom. The molecule has 0 fully saturated rings. The Morgan fingerprint density at radius 3 is 2.37 bits per heavy atom. The van der Waals surface area contributed by atoms with Crippen LogP contribution in [-0.4, -0.2) is 53.6 Å². The maximum Gasteiger partial charge on any atom is 0.262 e. The lowest BCUT2D eigenvalue weighted by atomic mass is 9.98. The predicted octanol–water partition coefficient (Wildman–Crippen LogP) is 4.01. The zero-order chi connectivity index (χ0) is 27.3. The van der Waals surface area contributed by atoms with E-state index in [4.69, 9.17) is 9.57 Å². The molecular formula is C28H30N4O5S. The molecule has 4 rings (SSSR count). The fraction of sp³-hybridized carbons (Fsp3) is 0.179. The van der Waals surface area contributed by atoms with Gasteiger partial charge in [0.2, 0.25) is 0 Å². The number of hydrogen-bond acceptors (Lipinski definition) is 7. The molecule has 1 amide bonds. The number of carbonyl (C=O) groups is 1. The number of ether oxygens (including phenoxy) is 1. The second-order valence-electron chi connectivity index (χ2n) is 8.85. The van der Waals surface area contributed by atoms with Crippen molar-refractivity contribution in [2.24, 2.45) is 0 Å². The van der Waals surface area contributed by atoms with E-state index in [-0.39, 0.29) is 17.4 Å². The average molecular weight is 535 g/mol. The van der Waals surface area contributed by atoms with Gasteiger partial charge in [-0.1, -0.05) is 53.9 Å². The average Bonchev–Trinajstić information content (AvgIpc) is 3.24. The Bertz CT molecular complexity index is 1470. The quantitative estimate of drug-likeness (QED) is 0.148. The first-order valence-corrected chi connectivity index (χ1v) is 13.3. The van der Waals surface area contributed by atoms with Crippen molar-refractivity contribution in [3.05, 3.63) is 96.1 Å². The highest BCUT2D eigenvalue weighted by Crippen LogP contribution is 2.38. The van der Waals surface area contributed by atoms with Crippen molar-refractivity contribution < 1.29 is 22.8 Å². The van der Waals surface area contributed by atoms with Gasteiger partial charge in [0.1, 0.15) is 5.76 Å². The highest BCUT2D eigenvalue weighted by Gasteiger charge is 2.29. The third kappa shape index (κ3) is 6.12. The molecular weight excluding hydrogens is 504 g/mol. The van der Waals surface area contributed by atoms with Crippen molar-refractivity contribution in [2.75, 3.05) is 45.0 Å². The van der Waals surface area contributed by atoms with Crippen LogP contribution in [0.25, 0.3) is 17.0 Å². The molecule has 10 heteroatoms. The van der Waals surface area contributed by atoms with Crippen LogP contribution in [0.2, 0.25) is 0 Å². The van der Waals surface area contributed by atoms with Gasteiger partial charge in [-0.15, -0.1) is 0 Å². The SMILES string of the molecule is C=C(OC)c1ccc2c(c1)NC(=O)/C2=C(\Nc1ccc(S(=O)(=O)NOCCN(C)C)cc1)c1ccccc1. The maximum atomic E-state index is 13.2. The largest absolute Gasteiger partial charge is 0.497 e. The van der Waals surface area contributed by atoms with Crippen LogP contribution in [0.4, 0.5) is 11.4 Å². The molecule has 3 aromatic carbocycles. The summed E-state index contributed by atoms with van der Waals surface area (Å²) < 4.78 is 30.4. The zero-order valence-electron chi connectivity index (χ0n) is 21.4. The Morgan fingerprint density at radius 1 is 1.00 bits per heavy atom. The first-order valence-electron chi connectivity index (χ1n) is 11.8. The number of likely N-dealkylation sites (N-methyl/N-ethyl adjacent to an activating group) is 1. The van der Waals surface area contributed by atoms with Gasteiger partial charge in [-0.3, -0.25) is 9.63 Å². The summed E-state index contributed by atoms with van der Waals surface area (Å²) >= 11 is 0. The normalized spacial score (nSPS) is 14.2. The summed E-state index contributed by atoms with van der Waals surface area (Å²) in [5.74, 6) is 0.235. The van der Waals surface area contributed by atoms with E-state index in [9.17, 15) is 13.2 Å². The summed E-state index contributed by atoms with van der Waals surface area (Å²) in [6.07, 6.45) is 0. The molecule has 38 heavy (non-hydrogen) atoms. The van der Waals surface area contributed by atoms with E-state index < -0.39 is 10.0 Å². The molecule has 9 nitrogen and oxygen atoms in total. The third-order valence-electron chi connectivity index (χ3n) is 5.89. The smallest absolute Gasteiger partial charge is 0.262 e. The van der Waals surface area contributed by atoms with E-state index in [1.165, 1.54) is 12.1 Å². The second kappa shape index (κ2) is 11.6.